The van der Waals surface area contributed by atoms with E-state index in [-0.39, 0.29) is 82.8 Å². The van der Waals surface area contributed by atoms with Crippen molar-refractivity contribution in [3.8, 4) is 0 Å². The van der Waals surface area contributed by atoms with E-state index < -0.39 is 0 Å². The molecule has 0 bridgehead atoms. The zero-order valence-corrected chi connectivity index (χ0v) is 9.37. The molecule has 0 aromatic rings. The Hall–Kier alpha value is 2.58. The molecule has 0 aliphatic rings. The van der Waals surface area contributed by atoms with Crippen LogP contribution >= 0.6 is 0 Å². The summed E-state index contributed by atoms with van der Waals surface area (Å²) in [6.07, 6.45) is 0. The van der Waals surface area contributed by atoms with Crippen LogP contribution < -0.4 is 29.6 Å². The largest absolute Gasteiger partial charge is 3.00 e. The average Bonchev–Trinajstić information content (AvgIpc) is 0. The molecule has 0 unspecified atom stereocenters. The predicted octanol–water partition coefficient (Wildman–Crippen LogP) is -3.38. The second-order valence-corrected chi connectivity index (χ2v) is 0. The standard InChI is InChI=1S/Bi.Na.2S/q+3;+1;2*-2. The summed E-state index contributed by atoms with van der Waals surface area (Å²) in [7, 11) is 0. The van der Waals surface area contributed by atoms with Crippen molar-refractivity contribution in [2.45, 2.75) is 0 Å². The molecule has 0 aliphatic heterocycles. The van der Waals surface area contributed by atoms with Crippen LogP contribution in [0.15, 0.2) is 0 Å². The molecule has 0 spiro atoms. The van der Waals surface area contributed by atoms with Crippen LogP contribution in [-0.2, 0) is 27.0 Å². The third-order valence-electron chi connectivity index (χ3n) is 0. The monoisotopic (exact) mass is 296 g/mol. The van der Waals surface area contributed by atoms with Crippen LogP contribution in [0.3, 0.4) is 0 Å². The molecule has 0 amide bonds. The first-order valence-corrected chi connectivity index (χ1v) is 0. The van der Waals surface area contributed by atoms with Gasteiger partial charge in [0.1, 0.15) is 0 Å². The van der Waals surface area contributed by atoms with E-state index in [0.29, 0.717) is 0 Å². The Kier molecular flexibility index (Phi) is 135. The van der Waals surface area contributed by atoms with E-state index in [1.54, 1.807) is 0 Å². The molecule has 4 heavy (non-hydrogen) atoms. The van der Waals surface area contributed by atoms with Crippen molar-refractivity contribution >= 4 is 53.2 Å². The maximum atomic E-state index is 0. The average molecular weight is 296 g/mol. The van der Waals surface area contributed by atoms with Crippen molar-refractivity contribution in [3.63, 3.8) is 0 Å². The van der Waals surface area contributed by atoms with Crippen molar-refractivity contribution in [2.75, 3.05) is 0 Å². The van der Waals surface area contributed by atoms with Gasteiger partial charge in [0.15, 0.2) is 0 Å². The molecule has 0 saturated carbocycles. The van der Waals surface area contributed by atoms with E-state index in [9.17, 15) is 0 Å². The van der Waals surface area contributed by atoms with Gasteiger partial charge >= 0.3 is 55.8 Å². The fourth-order valence-corrected chi connectivity index (χ4v) is 0. The second-order valence-electron chi connectivity index (χ2n) is 0. The SMILES string of the molecule is [Bi+3].[Na+].[S-2].[S-2]. The summed E-state index contributed by atoms with van der Waals surface area (Å²) in [6, 6.07) is 0. The number of hydrogen-bond acceptors (Lipinski definition) is 0. The van der Waals surface area contributed by atoms with Crippen molar-refractivity contribution in [3.05, 3.63) is 0 Å². The molecule has 0 aliphatic carbocycles. The summed E-state index contributed by atoms with van der Waals surface area (Å²) in [4.78, 5) is 0. The third kappa shape index (κ3) is 8.82. The van der Waals surface area contributed by atoms with E-state index in [0.717, 1.165) is 0 Å². The fourth-order valence-electron chi connectivity index (χ4n) is 0. The molecular weight excluding hydrogens is 296 g/mol. The first kappa shape index (κ1) is 30.8. The van der Waals surface area contributed by atoms with Gasteiger partial charge in [-0.25, -0.2) is 0 Å². The summed E-state index contributed by atoms with van der Waals surface area (Å²) < 4.78 is 0. The zero-order chi connectivity index (χ0) is 0. The molecule has 0 aromatic carbocycles. The van der Waals surface area contributed by atoms with Crippen LogP contribution in [0.1, 0.15) is 0 Å². The quantitative estimate of drug-likeness (QED) is 0.409. The summed E-state index contributed by atoms with van der Waals surface area (Å²) in [6.45, 7) is 0. The van der Waals surface area contributed by atoms with Gasteiger partial charge in [-0.2, -0.15) is 0 Å². The molecule has 0 nitrogen and oxygen atoms in total. The molecular formula is BiNaS2. The van der Waals surface area contributed by atoms with Crippen LogP contribution in [-0.4, -0.2) is 26.2 Å². The van der Waals surface area contributed by atoms with Gasteiger partial charge in [-0.15, -0.1) is 0 Å². The van der Waals surface area contributed by atoms with Crippen LogP contribution in [0.4, 0.5) is 0 Å². The van der Waals surface area contributed by atoms with E-state index in [4.69, 9.17) is 0 Å². The molecule has 0 atom stereocenters. The maximum absolute atomic E-state index is 0. The van der Waals surface area contributed by atoms with Crippen molar-refractivity contribution < 1.29 is 29.6 Å². The van der Waals surface area contributed by atoms with Gasteiger partial charge < -0.3 is 27.0 Å². The Bertz CT molecular complexity index is 6.00. The molecule has 0 rings (SSSR count). The molecule has 0 heterocycles. The normalized spacial score (nSPS) is 0. The third-order valence-corrected chi connectivity index (χ3v) is 0. The Balaban J connectivity index is 0. The molecule has 0 N–H and O–H groups in total. The van der Waals surface area contributed by atoms with Gasteiger partial charge in [0.25, 0.3) is 0 Å². The molecule has 2 radical (unpaired) electrons. The van der Waals surface area contributed by atoms with E-state index >= 15 is 0 Å². The summed E-state index contributed by atoms with van der Waals surface area (Å²) in [5.41, 5.74) is 0. The van der Waals surface area contributed by atoms with Crippen LogP contribution in [0.5, 0.6) is 0 Å². The Morgan fingerprint density at radius 3 is 0.750 bits per heavy atom. The summed E-state index contributed by atoms with van der Waals surface area (Å²) in [5.74, 6) is 0. The molecule has 18 valence electrons. The maximum Gasteiger partial charge on any atom is 3.00 e. The summed E-state index contributed by atoms with van der Waals surface area (Å²) in [5, 5.41) is 0. The minimum absolute atomic E-state index is 0. The number of rotatable bonds is 0. The van der Waals surface area contributed by atoms with Gasteiger partial charge in [-0.3, -0.25) is 0 Å². The molecule has 0 fully saturated rings. The van der Waals surface area contributed by atoms with Gasteiger partial charge in [-0.05, 0) is 0 Å². The van der Waals surface area contributed by atoms with E-state index in [2.05, 4.69) is 0 Å². The van der Waals surface area contributed by atoms with E-state index in [1.807, 2.05) is 0 Å². The van der Waals surface area contributed by atoms with E-state index in [1.165, 1.54) is 0 Å². The van der Waals surface area contributed by atoms with Gasteiger partial charge in [0.2, 0.25) is 0 Å². The smallest absolute Gasteiger partial charge is 2.00 e. The molecule has 0 saturated heterocycles. The Morgan fingerprint density at radius 1 is 0.750 bits per heavy atom. The van der Waals surface area contributed by atoms with Crippen molar-refractivity contribution in [1.29, 1.82) is 0 Å². The zero-order valence-electron chi connectivity index (χ0n) is 2.26. The summed E-state index contributed by atoms with van der Waals surface area (Å²) >= 11 is 0. The van der Waals surface area contributed by atoms with Crippen LogP contribution in [0.25, 0.3) is 0 Å². The van der Waals surface area contributed by atoms with Gasteiger partial charge in [0.05, 0.1) is 0 Å². The van der Waals surface area contributed by atoms with Crippen molar-refractivity contribution in [1.82, 2.24) is 0 Å². The van der Waals surface area contributed by atoms with Gasteiger partial charge in [0, 0.05) is 0 Å². The molecule has 0 aromatic heterocycles. The van der Waals surface area contributed by atoms with Crippen LogP contribution in [0, 0.1) is 0 Å². The minimum Gasteiger partial charge on any atom is -2.00 e. The van der Waals surface area contributed by atoms with Crippen LogP contribution in [0.2, 0.25) is 0 Å². The topological polar surface area (TPSA) is 0 Å². The molecule has 4 heteroatoms. The Morgan fingerprint density at radius 2 is 0.750 bits per heavy atom. The van der Waals surface area contributed by atoms with Crippen molar-refractivity contribution in [2.24, 2.45) is 0 Å². The first-order valence-electron chi connectivity index (χ1n) is 0. The minimum atomic E-state index is 0. The number of hydrogen-bond donors (Lipinski definition) is 0. The second kappa shape index (κ2) is 17.6. The first-order chi connectivity index (χ1) is 0. The Labute approximate surface area is 81.4 Å². The predicted molar refractivity (Wildman–Crippen MR) is 20.5 cm³/mol. The van der Waals surface area contributed by atoms with Gasteiger partial charge in [-0.1, -0.05) is 0 Å². The fraction of sp³-hybridized carbons (Fsp3) is 0.